The highest BCUT2D eigenvalue weighted by molar-refractivity contribution is 5.82. The Morgan fingerprint density at radius 2 is 1.71 bits per heavy atom. The molecule has 1 unspecified atom stereocenters. The molecular formula is C29H33N3O3. The largest absolute Gasteiger partial charge is 0.493 e. The van der Waals surface area contributed by atoms with Crippen LogP contribution in [0.2, 0.25) is 0 Å². The summed E-state index contributed by atoms with van der Waals surface area (Å²) >= 11 is 0. The van der Waals surface area contributed by atoms with E-state index >= 15 is 0 Å². The third-order valence-corrected chi connectivity index (χ3v) is 6.76. The molecule has 0 fully saturated rings. The van der Waals surface area contributed by atoms with Gasteiger partial charge in [0.05, 0.1) is 26.9 Å². The molecule has 1 aliphatic heterocycles. The zero-order chi connectivity index (χ0) is 24.2. The molecule has 6 nitrogen and oxygen atoms in total. The van der Waals surface area contributed by atoms with Crippen LogP contribution >= 0.6 is 0 Å². The second-order valence-corrected chi connectivity index (χ2v) is 9.09. The normalized spacial score (nSPS) is 13.7. The van der Waals surface area contributed by atoms with Gasteiger partial charge in [0, 0.05) is 36.5 Å². The Balaban J connectivity index is 1.23. The van der Waals surface area contributed by atoms with Crippen LogP contribution in [0.15, 0.2) is 72.8 Å². The summed E-state index contributed by atoms with van der Waals surface area (Å²) in [6.07, 6.45) is 0.365. The molecule has 0 radical (unpaired) electrons. The molecule has 1 atom stereocenters. The minimum Gasteiger partial charge on any atom is -0.493 e. The van der Waals surface area contributed by atoms with Gasteiger partial charge in [-0.1, -0.05) is 42.5 Å². The lowest BCUT2D eigenvalue weighted by Gasteiger charge is -2.27. The number of aromatic nitrogens is 1. The van der Waals surface area contributed by atoms with Crippen molar-refractivity contribution in [1.29, 1.82) is 0 Å². The number of ether oxygens (including phenoxy) is 2. The molecule has 0 spiro atoms. The maximum absolute atomic E-state index is 10.9. The predicted octanol–water partition coefficient (Wildman–Crippen LogP) is 4.22. The van der Waals surface area contributed by atoms with Gasteiger partial charge in [0.1, 0.15) is 0 Å². The minimum absolute atomic E-state index is 0.482. The molecule has 35 heavy (non-hydrogen) atoms. The van der Waals surface area contributed by atoms with E-state index in [9.17, 15) is 5.11 Å². The Morgan fingerprint density at radius 1 is 0.914 bits per heavy atom. The number of hydrogen-bond acceptors (Lipinski definition) is 5. The van der Waals surface area contributed by atoms with Crippen LogP contribution < -0.4 is 19.7 Å². The zero-order valence-corrected chi connectivity index (χ0v) is 20.4. The summed E-state index contributed by atoms with van der Waals surface area (Å²) in [5.41, 5.74) is 6.18. The second-order valence-electron chi connectivity index (χ2n) is 9.09. The van der Waals surface area contributed by atoms with Crippen LogP contribution in [0.1, 0.15) is 16.8 Å². The molecule has 0 saturated carbocycles. The predicted molar refractivity (Wildman–Crippen MR) is 141 cm³/mol. The van der Waals surface area contributed by atoms with Gasteiger partial charge in [0.15, 0.2) is 11.5 Å². The fourth-order valence-corrected chi connectivity index (χ4v) is 5.01. The van der Waals surface area contributed by atoms with Crippen molar-refractivity contribution in [2.24, 2.45) is 0 Å². The van der Waals surface area contributed by atoms with Crippen LogP contribution in [0.3, 0.4) is 0 Å². The fraction of sp³-hybridized carbons (Fsp3) is 0.310. The first kappa shape index (κ1) is 23.3. The first-order valence-corrected chi connectivity index (χ1v) is 12.2. The molecule has 0 aliphatic carbocycles. The average Bonchev–Trinajstić information content (AvgIpc) is 3.15. The first-order chi connectivity index (χ1) is 17.2. The zero-order valence-electron chi connectivity index (χ0n) is 20.4. The van der Waals surface area contributed by atoms with E-state index in [0.29, 0.717) is 13.1 Å². The van der Waals surface area contributed by atoms with Crippen molar-refractivity contribution in [3.63, 3.8) is 0 Å². The van der Waals surface area contributed by atoms with Crippen molar-refractivity contribution < 1.29 is 14.6 Å². The van der Waals surface area contributed by atoms with Gasteiger partial charge in [-0.25, -0.2) is 0 Å². The summed E-state index contributed by atoms with van der Waals surface area (Å²) in [5, 5.41) is 15.6. The van der Waals surface area contributed by atoms with Gasteiger partial charge in [-0.05, 0) is 59.8 Å². The second kappa shape index (κ2) is 10.4. The quantitative estimate of drug-likeness (QED) is 0.358. The average molecular weight is 472 g/mol. The molecule has 1 aliphatic rings. The lowest BCUT2D eigenvalue weighted by atomic mass is 10.1. The van der Waals surface area contributed by atoms with Gasteiger partial charge in [-0.2, -0.15) is 0 Å². The van der Waals surface area contributed by atoms with Crippen LogP contribution in [-0.2, 0) is 19.5 Å². The number of benzene rings is 3. The van der Waals surface area contributed by atoms with Crippen molar-refractivity contribution in [3.8, 4) is 11.5 Å². The molecule has 2 N–H and O–H groups in total. The lowest BCUT2D eigenvalue weighted by Crippen LogP contribution is -2.38. The van der Waals surface area contributed by atoms with Crippen molar-refractivity contribution in [3.05, 3.63) is 89.6 Å². The minimum atomic E-state index is -0.482. The van der Waals surface area contributed by atoms with Crippen LogP contribution in [0.4, 0.5) is 5.69 Å². The van der Waals surface area contributed by atoms with Gasteiger partial charge in [-0.15, -0.1) is 0 Å². The van der Waals surface area contributed by atoms with Crippen molar-refractivity contribution in [2.75, 3.05) is 38.8 Å². The van der Waals surface area contributed by atoms with E-state index < -0.39 is 6.10 Å². The van der Waals surface area contributed by atoms with Crippen molar-refractivity contribution >= 4 is 16.6 Å². The van der Waals surface area contributed by atoms with Gasteiger partial charge in [0.2, 0.25) is 0 Å². The van der Waals surface area contributed by atoms with E-state index in [4.69, 9.17) is 9.47 Å². The Kier molecular flexibility index (Phi) is 6.93. The van der Waals surface area contributed by atoms with Gasteiger partial charge in [0.25, 0.3) is 0 Å². The van der Waals surface area contributed by atoms with E-state index in [-0.39, 0.29) is 0 Å². The lowest BCUT2D eigenvalue weighted by molar-refractivity contribution is 0.176. The van der Waals surface area contributed by atoms with Crippen LogP contribution in [0, 0.1) is 0 Å². The summed E-state index contributed by atoms with van der Waals surface area (Å²) in [6, 6.07) is 25.4. The Hall–Kier alpha value is -3.48. The molecule has 182 valence electrons. The van der Waals surface area contributed by atoms with Crippen LogP contribution in [0.5, 0.6) is 11.5 Å². The van der Waals surface area contributed by atoms with Gasteiger partial charge < -0.3 is 29.4 Å². The van der Waals surface area contributed by atoms with E-state index in [2.05, 4.69) is 69.4 Å². The third kappa shape index (κ3) is 4.99. The molecule has 0 saturated heterocycles. The van der Waals surface area contributed by atoms with E-state index in [1.807, 2.05) is 18.2 Å². The summed E-state index contributed by atoms with van der Waals surface area (Å²) in [4.78, 5) is 2.31. The molecular weight excluding hydrogens is 438 g/mol. The maximum atomic E-state index is 10.9. The smallest absolute Gasteiger partial charge is 0.160 e. The first-order valence-electron chi connectivity index (χ1n) is 12.2. The number of nitrogens with zero attached hydrogens (tertiary/aromatic N) is 2. The highest BCUT2D eigenvalue weighted by Crippen LogP contribution is 2.31. The van der Waals surface area contributed by atoms with Crippen molar-refractivity contribution in [2.45, 2.75) is 25.6 Å². The molecule has 3 aromatic carbocycles. The SMILES string of the molecule is COc1ccc(CCNCC(O)CN2Cc3cc4ccccc4n3Cc3ccccc32)cc1OC. The number of aliphatic hydroxyl groups excluding tert-OH is 1. The number of anilines is 1. The topological polar surface area (TPSA) is 58.9 Å². The standard InChI is InChI=1S/C29H33N3O3/c1-34-28-12-11-21(15-29(28)35-2)13-14-30-17-25(33)20-31-19-24-16-22-7-3-6-10-27(22)32(24)18-23-8-4-5-9-26(23)31/h3-12,15-16,25,30,33H,13-14,17-20H2,1-2H3. The summed E-state index contributed by atoms with van der Waals surface area (Å²) < 4.78 is 13.1. The monoisotopic (exact) mass is 471 g/mol. The number of hydrogen-bond donors (Lipinski definition) is 2. The third-order valence-electron chi connectivity index (χ3n) is 6.76. The van der Waals surface area contributed by atoms with Crippen LogP contribution in [-0.4, -0.2) is 49.6 Å². The summed E-state index contributed by atoms with van der Waals surface area (Å²) in [5.74, 6) is 1.47. The number of aliphatic hydroxyl groups is 1. The molecule has 0 bridgehead atoms. The Labute approximate surface area is 206 Å². The maximum Gasteiger partial charge on any atom is 0.160 e. The molecule has 0 amide bonds. The van der Waals surface area contributed by atoms with Crippen LogP contribution in [0.25, 0.3) is 10.9 Å². The molecule has 6 heteroatoms. The number of fused-ring (bicyclic) bond motifs is 4. The van der Waals surface area contributed by atoms with E-state index in [1.165, 1.54) is 33.4 Å². The van der Waals surface area contributed by atoms with E-state index in [0.717, 1.165) is 37.6 Å². The number of methoxy groups -OCH3 is 2. The molecule has 5 rings (SSSR count). The summed E-state index contributed by atoms with van der Waals surface area (Å²) in [7, 11) is 3.29. The summed E-state index contributed by atoms with van der Waals surface area (Å²) in [6.45, 7) is 3.50. The highest BCUT2D eigenvalue weighted by atomic mass is 16.5. The number of rotatable bonds is 9. The van der Waals surface area contributed by atoms with Gasteiger partial charge >= 0.3 is 0 Å². The Bertz CT molecular complexity index is 1300. The van der Waals surface area contributed by atoms with Crippen molar-refractivity contribution in [1.82, 2.24) is 9.88 Å². The number of β-amino-alcohol motifs (C(OH)–C–C–N with tert-alkyl or cyclic N) is 1. The Morgan fingerprint density at radius 3 is 2.57 bits per heavy atom. The van der Waals surface area contributed by atoms with Gasteiger partial charge in [-0.3, -0.25) is 0 Å². The highest BCUT2D eigenvalue weighted by Gasteiger charge is 2.22. The fourth-order valence-electron chi connectivity index (χ4n) is 5.01. The molecule has 2 heterocycles. The molecule has 1 aromatic heterocycles. The molecule has 4 aromatic rings. The number of para-hydroxylation sites is 2. The number of nitrogens with one attached hydrogen (secondary N) is 1. The van der Waals surface area contributed by atoms with E-state index in [1.54, 1.807) is 14.2 Å².